The van der Waals surface area contributed by atoms with E-state index in [2.05, 4.69) is 27.7 Å². The van der Waals surface area contributed by atoms with Crippen LogP contribution in [-0.4, -0.2) is 18.9 Å². The van der Waals surface area contributed by atoms with Gasteiger partial charge in [0.25, 0.3) is 0 Å². The molecule has 2 nitrogen and oxygen atoms in total. The van der Waals surface area contributed by atoms with Gasteiger partial charge in [0.15, 0.2) is 9.84 Å². The second-order valence-electron chi connectivity index (χ2n) is 6.62. The summed E-state index contributed by atoms with van der Waals surface area (Å²) in [5.41, 5.74) is 0. The Hall–Kier alpha value is -0.0500. The molecule has 0 aliphatic carbocycles. The standard InChI is InChI=1S/C18H38O2S/c1-7-11-13-17(9-3)15(5)21(19,20)16(6)18(10-4)14-12-8-2/h15-18H,7-14H2,1-6H3. The van der Waals surface area contributed by atoms with Crippen LogP contribution in [0.1, 0.15) is 92.9 Å². The van der Waals surface area contributed by atoms with Gasteiger partial charge < -0.3 is 0 Å². The molecule has 0 heterocycles. The minimum atomic E-state index is -3.02. The fraction of sp³-hybridized carbons (Fsp3) is 1.00. The van der Waals surface area contributed by atoms with Crippen LogP contribution in [-0.2, 0) is 9.84 Å². The van der Waals surface area contributed by atoms with Crippen LogP contribution in [0.3, 0.4) is 0 Å². The van der Waals surface area contributed by atoms with Crippen molar-refractivity contribution < 1.29 is 8.42 Å². The molecule has 4 unspecified atom stereocenters. The maximum Gasteiger partial charge on any atom is 0.156 e. The summed E-state index contributed by atoms with van der Waals surface area (Å²) in [4.78, 5) is 0. The Morgan fingerprint density at radius 2 is 1.05 bits per heavy atom. The van der Waals surface area contributed by atoms with Crippen LogP contribution in [0, 0.1) is 11.8 Å². The summed E-state index contributed by atoms with van der Waals surface area (Å²) in [6.07, 6.45) is 8.61. The van der Waals surface area contributed by atoms with Gasteiger partial charge in [0.1, 0.15) is 0 Å². The monoisotopic (exact) mass is 318 g/mol. The van der Waals surface area contributed by atoms with Crippen LogP contribution in [0.5, 0.6) is 0 Å². The summed E-state index contributed by atoms with van der Waals surface area (Å²) in [6, 6.07) is 0. The molecule has 128 valence electrons. The van der Waals surface area contributed by atoms with Crippen molar-refractivity contribution in [2.45, 2.75) is 103 Å². The lowest BCUT2D eigenvalue weighted by atomic mass is 9.96. The van der Waals surface area contributed by atoms with E-state index in [4.69, 9.17) is 0 Å². The first-order valence-electron chi connectivity index (χ1n) is 9.09. The second kappa shape index (κ2) is 10.6. The predicted molar refractivity (Wildman–Crippen MR) is 94.5 cm³/mol. The Morgan fingerprint density at radius 3 is 1.29 bits per heavy atom. The lowest BCUT2D eigenvalue weighted by Gasteiger charge is -2.30. The van der Waals surface area contributed by atoms with E-state index in [9.17, 15) is 8.42 Å². The van der Waals surface area contributed by atoms with Gasteiger partial charge in [-0.3, -0.25) is 0 Å². The maximum absolute atomic E-state index is 13.0. The van der Waals surface area contributed by atoms with Gasteiger partial charge in [0.05, 0.1) is 10.5 Å². The van der Waals surface area contributed by atoms with Crippen molar-refractivity contribution >= 4 is 9.84 Å². The molecule has 0 fully saturated rings. The molecule has 0 aliphatic heterocycles. The van der Waals surface area contributed by atoms with Crippen molar-refractivity contribution in [3.8, 4) is 0 Å². The Morgan fingerprint density at radius 1 is 0.714 bits per heavy atom. The first kappa shape index (κ1) is 20.9. The average molecular weight is 319 g/mol. The van der Waals surface area contributed by atoms with Crippen LogP contribution in [0.4, 0.5) is 0 Å². The normalized spacial score (nSPS) is 18.2. The van der Waals surface area contributed by atoms with Crippen LogP contribution < -0.4 is 0 Å². The van der Waals surface area contributed by atoms with Crippen LogP contribution in [0.2, 0.25) is 0 Å². The van der Waals surface area contributed by atoms with Gasteiger partial charge in [-0.1, -0.05) is 66.2 Å². The zero-order chi connectivity index (χ0) is 16.5. The molecule has 0 N–H and O–H groups in total. The number of hydrogen-bond donors (Lipinski definition) is 0. The molecular weight excluding hydrogens is 280 g/mol. The van der Waals surface area contributed by atoms with E-state index in [1.165, 1.54) is 0 Å². The Balaban J connectivity index is 4.96. The number of sulfone groups is 1. The first-order chi connectivity index (χ1) is 9.86. The molecule has 0 bridgehead atoms. The highest BCUT2D eigenvalue weighted by Gasteiger charge is 2.35. The molecule has 0 aliphatic rings. The first-order valence-corrected chi connectivity index (χ1v) is 10.7. The molecule has 21 heavy (non-hydrogen) atoms. The van der Waals surface area contributed by atoms with E-state index in [1.54, 1.807) is 0 Å². The van der Waals surface area contributed by atoms with Crippen LogP contribution in [0.25, 0.3) is 0 Å². The van der Waals surface area contributed by atoms with Crippen molar-refractivity contribution in [3.05, 3.63) is 0 Å². The maximum atomic E-state index is 13.0. The molecule has 0 aromatic rings. The fourth-order valence-electron chi connectivity index (χ4n) is 3.35. The second-order valence-corrected chi connectivity index (χ2v) is 9.29. The summed E-state index contributed by atoms with van der Waals surface area (Å²) in [7, 11) is -3.02. The summed E-state index contributed by atoms with van der Waals surface area (Å²) in [5, 5.41) is -0.389. The van der Waals surface area contributed by atoms with Crippen molar-refractivity contribution in [3.63, 3.8) is 0 Å². The molecule has 0 spiro atoms. The highest BCUT2D eigenvalue weighted by Crippen LogP contribution is 2.30. The average Bonchev–Trinajstić information content (AvgIpc) is 2.48. The van der Waals surface area contributed by atoms with Crippen molar-refractivity contribution in [2.24, 2.45) is 11.8 Å². The Kier molecular flexibility index (Phi) is 10.6. The number of unbranched alkanes of at least 4 members (excludes halogenated alkanes) is 2. The summed E-state index contributed by atoms with van der Waals surface area (Å²) in [6.45, 7) is 12.5. The van der Waals surface area contributed by atoms with Gasteiger partial charge in [-0.15, -0.1) is 0 Å². The molecule has 0 aromatic heterocycles. The van der Waals surface area contributed by atoms with Crippen molar-refractivity contribution in [1.82, 2.24) is 0 Å². The zero-order valence-corrected chi connectivity index (χ0v) is 16.0. The highest BCUT2D eigenvalue weighted by molar-refractivity contribution is 7.92. The third-order valence-corrected chi connectivity index (χ3v) is 8.11. The van der Waals surface area contributed by atoms with E-state index in [0.717, 1.165) is 51.4 Å². The van der Waals surface area contributed by atoms with Gasteiger partial charge in [-0.2, -0.15) is 0 Å². The number of rotatable bonds is 12. The van der Waals surface area contributed by atoms with E-state index in [-0.39, 0.29) is 10.5 Å². The number of hydrogen-bond acceptors (Lipinski definition) is 2. The van der Waals surface area contributed by atoms with Gasteiger partial charge >= 0.3 is 0 Å². The van der Waals surface area contributed by atoms with Gasteiger partial charge in [-0.05, 0) is 38.5 Å². The quantitative estimate of drug-likeness (QED) is 0.468. The van der Waals surface area contributed by atoms with E-state index in [1.807, 2.05) is 13.8 Å². The molecule has 0 amide bonds. The molecule has 0 radical (unpaired) electrons. The summed E-state index contributed by atoms with van der Waals surface area (Å²) >= 11 is 0. The molecule has 4 atom stereocenters. The third-order valence-electron chi connectivity index (χ3n) is 5.27. The van der Waals surface area contributed by atoms with Crippen molar-refractivity contribution in [2.75, 3.05) is 0 Å². The van der Waals surface area contributed by atoms with Gasteiger partial charge in [0, 0.05) is 0 Å². The molecule has 3 heteroatoms. The molecular formula is C18H38O2S. The lowest BCUT2D eigenvalue weighted by Crippen LogP contribution is -2.37. The molecule has 0 aromatic carbocycles. The van der Waals surface area contributed by atoms with E-state index < -0.39 is 9.84 Å². The SMILES string of the molecule is CCCCC(CC)C(C)S(=O)(=O)C(C)C(CC)CCCC. The van der Waals surface area contributed by atoms with E-state index >= 15 is 0 Å². The van der Waals surface area contributed by atoms with E-state index in [0.29, 0.717) is 11.8 Å². The van der Waals surface area contributed by atoms with Gasteiger partial charge in [0.2, 0.25) is 0 Å². The largest absolute Gasteiger partial charge is 0.228 e. The fourth-order valence-corrected chi connectivity index (χ4v) is 5.76. The summed E-state index contributed by atoms with van der Waals surface area (Å²) < 4.78 is 25.9. The Bertz CT molecular complexity index is 320. The topological polar surface area (TPSA) is 34.1 Å². The van der Waals surface area contributed by atoms with Gasteiger partial charge in [-0.25, -0.2) is 8.42 Å². The third kappa shape index (κ3) is 6.30. The zero-order valence-electron chi connectivity index (χ0n) is 15.2. The molecule has 0 rings (SSSR count). The molecule has 0 saturated carbocycles. The minimum Gasteiger partial charge on any atom is -0.228 e. The molecule has 0 saturated heterocycles. The Labute approximate surface area is 134 Å². The lowest BCUT2D eigenvalue weighted by molar-refractivity contribution is 0.402. The highest BCUT2D eigenvalue weighted by atomic mass is 32.2. The smallest absolute Gasteiger partial charge is 0.156 e. The van der Waals surface area contributed by atoms with Crippen molar-refractivity contribution in [1.29, 1.82) is 0 Å². The van der Waals surface area contributed by atoms with Crippen LogP contribution >= 0.6 is 0 Å². The summed E-state index contributed by atoms with van der Waals surface area (Å²) in [5.74, 6) is 0.641. The van der Waals surface area contributed by atoms with Crippen LogP contribution in [0.15, 0.2) is 0 Å². The minimum absolute atomic E-state index is 0.195. The predicted octanol–water partition coefficient (Wildman–Crippen LogP) is 5.61.